The van der Waals surface area contributed by atoms with E-state index in [0.717, 1.165) is 0 Å². The van der Waals surface area contributed by atoms with Crippen LogP contribution in [0.1, 0.15) is 6.92 Å². The van der Waals surface area contributed by atoms with Gasteiger partial charge in [0.15, 0.2) is 0 Å². The Hall–Kier alpha value is -2.56. The number of non-ortho nitro benzene ring substituents is 1. The molecule has 0 fully saturated rings. The van der Waals surface area contributed by atoms with Gasteiger partial charge in [-0.1, -0.05) is 18.2 Å². The lowest BCUT2D eigenvalue weighted by atomic mass is 10.2. The number of ether oxygens (including phenoxy) is 1. The smallest absolute Gasteiger partial charge is 0.275 e. The number of anilines is 1. The van der Waals surface area contributed by atoms with Crippen LogP contribution in [-0.4, -0.2) is 11.5 Å². The van der Waals surface area contributed by atoms with Crippen molar-refractivity contribution in [3.63, 3.8) is 0 Å². The zero-order chi connectivity index (χ0) is 13.7. The Bertz CT molecular complexity index is 570. The van der Waals surface area contributed by atoms with E-state index < -0.39 is 4.92 Å². The third-order valence-electron chi connectivity index (χ3n) is 2.46. The van der Waals surface area contributed by atoms with Gasteiger partial charge in [0, 0.05) is 24.4 Å². The Kier molecular flexibility index (Phi) is 3.97. The van der Waals surface area contributed by atoms with Crippen molar-refractivity contribution in [2.45, 2.75) is 6.92 Å². The van der Waals surface area contributed by atoms with Gasteiger partial charge in [0.05, 0.1) is 11.0 Å². The number of hydrogen-bond donors (Lipinski definition) is 1. The monoisotopic (exact) mass is 258 g/mol. The average molecular weight is 258 g/mol. The van der Waals surface area contributed by atoms with E-state index in [0.29, 0.717) is 23.7 Å². The molecule has 0 saturated carbocycles. The summed E-state index contributed by atoms with van der Waals surface area (Å²) in [5, 5.41) is 13.9. The molecule has 1 N–H and O–H groups in total. The molecule has 0 aliphatic heterocycles. The van der Waals surface area contributed by atoms with Crippen molar-refractivity contribution in [2.24, 2.45) is 0 Å². The number of rotatable bonds is 5. The summed E-state index contributed by atoms with van der Waals surface area (Å²) in [6.45, 7) is 2.61. The molecule has 0 aromatic heterocycles. The molecule has 2 rings (SSSR count). The third kappa shape index (κ3) is 3.45. The van der Waals surface area contributed by atoms with E-state index >= 15 is 0 Å². The molecule has 0 aliphatic carbocycles. The second kappa shape index (κ2) is 5.86. The molecule has 0 saturated heterocycles. The highest BCUT2D eigenvalue weighted by molar-refractivity contribution is 5.57. The number of nitrogens with zero attached hydrogens (tertiary/aromatic N) is 1. The Morgan fingerprint density at radius 3 is 2.53 bits per heavy atom. The van der Waals surface area contributed by atoms with Crippen LogP contribution in [0.3, 0.4) is 0 Å². The summed E-state index contributed by atoms with van der Waals surface area (Å²) in [6.07, 6.45) is 0. The number of para-hydroxylation sites is 1. The van der Waals surface area contributed by atoms with E-state index in [9.17, 15) is 10.1 Å². The molecule has 5 heteroatoms. The Morgan fingerprint density at radius 1 is 1.16 bits per heavy atom. The summed E-state index contributed by atoms with van der Waals surface area (Å²) in [5.74, 6) is 1.08. The van der Waals surface area contributed by atoms with Crippen molar-refractivity contribution in [1.29, 1.82) is 0 Å². The summed E-state index contributed by atoms with van der Waals surface area (Å²) in [5.41, 5.74) is 0.673. The van der Waals surface area contributed by atoms with E-state index in [1.54, 1.807) is 18.2 Å². The predicted octanol–water partition coefficient (Wildman–Crippen LogP) is 3.82. The molecule has 98 valence electrons. The van der Waals surface area contributed by atoms with Gasteiger partial charge in [0.2, 0.25) is 0 Å². The van der Waals surface area contributed by atoms with Crippen LogP contribution < -0.4 is 10.1 Å². The number of nitro benzene ring substituents is 1. The van der Waals surface area contributed by atoms with Gasteiger partial charge < -0.3 is 10.1 Å². The molecule has 2 aromatic rings. The first-order chi connectivity index (χ1) is 9.19. The van der Waals surface area contributed by atoms with Crippen molar-refractivity contribution >= 4 is 11.4 Å². The highest BCUT2D eigenvalue weighted by atomic mass is 16.6. The summed E-state index contributed by atoms with van der Waals surface area (Å²) in [7, 11) is 0. The lowest BCUT2D eigenvalue weighted by molar-refractivity contribution is -0.384. The average Bonchev–Trinajstić information content (AvgIpc) is 2.40. The maximum atomic E-state index is 10.9. The first-order valence-corrected chi connectivity index (χ1v) is 5.95. The number of nitro groups is 1. The fourth-order valence-electron chi connectivity index (χ4n) is 1.68. The largest absolute Gasteiger partial charge is 0.457 e. The molecule has 0 radical (unpaired) electrons. The first kappa shape index (κ1) is 12.9. The third-order valence-corrected chi connectivity index (χ3v) is 2.46. The molecule has 5 nitrogen and oxygen atoms in total. The van der Waals surface area contributed by atoms with Gasteiger partial charge in [-0.15, -0.1) is 0 Å². The molecule has 0 aliphatic rings. The SMILES string of the molecule is CCNc1cc(Oc2ccccc2)cc([N+](=O)[O-])c1. The van der Waals surface area contributed by atoms with Crippen LogP contribution in [0.5, 0.6) is 11.5 Å². The minimum Gasteiger partial charge on any atom is -0.457 e. The fourth-order valence-corrected chi connectivity index (χ4v) is 1.68. The van der Waals surface area contributed by atoms with Gasteiger partial charge in [-0.05, 0) is 19.1 Å². The minimum absolute atomic E-state index is 0.00406. The van der Waals surface area contributed by atoms with E-state index in [4.69, 9.17) is 4.74 Å². The molecule has 0 atom stereocenters. The molecular weight excluding hydrogens is 244 g/mol. The maximum absolute atomic E-state index is 10.9. The summed E-state index contributed by atoms with van der Waals surface area (Å²) in [4.78, 5) is 10.5. The highest BCUT2D eigenvalue weighted by Crippen LogP contribution is 2.29. The van der Waals surface area contributed by atoms with Crippen LogP contribution in [0.25, 0.3) is 0 Å². The second-order valence-electron chi connectivity index (χ2n) is 3.92. The van der Waals surface area contributed by atoms with Crippen LogP contribution in [-0.2, 0) is 0 Å². The molecule has 0 bridgehead atoms. The van der Waals surface area contributed by atoms with Crippen LogP contribution in [0.15, 0.2) is 48.5 Å². The Balaban J connectivity index is 2.31. The van der Waals surface area contributed by atoms with E-state index in [1.807, 2.05) is 25.1 Å². The van der Waals surface area contributed by atoms with Gasteiger partial charge in [-0.2, -0.15) is 0 Å². The quantitative estimate of drug-likeness (QED) is 0.654. The number of hydrogen-bond acceptors (Lipinski definition) is 4. The standard InChI is InChI=1S/C14H14N2O3/c1-2-15-11-8-12(16(17)18)10-14(9-11)19-13-6-4-3-5-7-13/h3-10,15H,2H2,1H3. The summed E-state index contributed by atoms with van der Waals surface area (Å²) in [6, 6.07) is 13.8. The minimum atomic E-state index is -0.432. The maximum Gasteiger partial charge on any atom is 0.275 e. The Labute approximate surface area is 111 Å². The van der Waals surface area contributed by atoms with Crippen molar-refractivity contribution in [3.05, 3.63) is 58.6 Å². The lowest BCUT2D eigenvalue weighted by Gasteiger charge is -2.08. The van der Waals surface area contributed by atoms with Crippen molar-refractivity contribution < 1.29 is 9.66 Å². The zero-order valence-electron chi connectivity index (χ0n) is 10.5. The van der Waals surface area contributed by atoms with Crippen molar-refractivity contribution in [3.8, 4) is 11.5 Å². The van der Waals surface area contributed by atoms with Crippen molar-refractivity contribution in [1.82, 2.24) is 0 Å². The van der Waals surface area contributed by atoms with Crippen LogP contribution in [0.2, 0.25) is 0 Å². The highest BCUT2D eigenvalue weighted by Gasteiger charge is 2.10. The second-order valence-corrected chi connectivity index (χ2v) is 3.92. The van der Waals surface area contributed by atoms with E-state index in [2.05, 4.69) is 5.32 Å². The first-order valence-electron chi connectivity index (χ1n) is 5.95. The van der Waals surface area contributed by atoms with Gasteiger partial charge >= 0.3 is 0 Å². The van der Waals surface area contributed by atoms with Crippen LogP contribution >= 0.6 is 0 Å². The predicted molar refractivity (Wildman–Crippen MR) is 73.8 cm³/mol. The Morgan fingerprint density at radius 2 is 1.89 bits per heavy atom. The van der Waals surface area contributed by atoms with Crippen LogP contribution in [0, 0.1) is 10.1 Å². The van der Waals surface area contributed by atoms with Gasteiger partial charge in [0.25, 0.3) is 5.69 Å². The molecule has 0 spiro atoms. The van der Waals surface area contributed by atoms with Crippen LogP contribution in [0.4, 0.5) is 11.4 Å². The number of benzene rings is 2. The number of nitrogens with one attached hydrogen (secondary N) is 1. The summed E-state index contributed by atoms with van der Waals surface area (Å²) < 4.78 is 5.61. The molecule has 0 amide bonds. The molecule has 0 heterocycles. The fraction of sp³-hybridized carbons (Fsp3) is 0.143. The summed E-state index contributed by atoms with van der Waals surface area (Å²) >= 11 is 0. The normalized spacial score (nSPS) is 9.95. The lowest BCUT2D eigenvalue weighted by Crippen LogP contribution is -1.98. The van der Waals surface area contributed by atoms with Crippen molar-refractivity contribution in [2.75, 3.05) is 11.9 Å². The molecule has 2 aromatic carbocycles. The van der Waals surface area contributed by atoms with E-state index in [-0.39, 0.29) is 5.69 Å². The topological polar surface area (TPSA) is 64.4 Å². The van der Waals surface area contributed by atoms with Gasteiger partial charge in [0.1, 0.15) is 11.5 Å². The molecular formula is C14H14N2O3. The van der Waals surface area contributed by atoms with Gasteiger partial charge in [-0.3, -0.25) is 10.1 Å². The van der Waals surface area contributed by atoms with Gasteiger partial charge in [-0.25, -0.2) is 0 Å². The zero-order valence-corrected chi connectivity index (χ0v) is 10.5. The van der Waals surface area contributed by atoms with E-state index in [1.165, 1.54) is 12.1 Å². The molecule has 0 unspecified atom stereocenters. The molecule has 19 heavy (non-hydrogen) atoms.